The maximum Gasteiger partial charge on any atom is 0.243 e. The van der Waals surface area contributed by atoms with Crippen molar-refractivity contribution >= 4 is 23.6 Å². The summed E-state index contributed by atoms with van der Waals surface area (Å²) in [6.07, 6.45) is 0.957. The molecule has 0 aromatic carbocycles. The zero-order valence-corrected chi connectivity index (χ0v) is 15.4. The molecule has 2 aliphatic rings. The largest absolute Gasteiger partial charge is 0.354 e. The first-order chi connectivity index (χ1) is 10.9. The minimum atomic E-state index is -0.439. The van der Waals surface area contributed by atoms with Gasteiger partial charge < -0.3 is 20.4 Å². The maximum absolute atomic E-state index is 12.4. The van der Waals surface area contributed by atoms with Gasteiger partial charge in [-0.2, -0.15) is 0 Å². The molecule has 2 saturated heterocycles. The number of nitrogens with one attached hydrogen (secondary N) is 2. The van der Waals surface area contributed by atoms with Gasteiger partial charge in [0, 0.05) is 43.9 Å². The molecule has 2 aliphatic heterocycles. The summed E-state index contributed by atoms with van der Waals surface area (Å²) in [4.78, 5) is 29.0. The molecule has 0 aromatic rings. The Bertz CT molecular complexity index is 419. The highest BCUT2D eigenvalue weighted by molar-refractivity contribution is 7.99. The van der Waals surface area contributed by atoms with Crippen LogP contribution in [0.25, 0.3) is 0 Å². The molecule has 0 aromatic heterocycles. The van der Waals surface area contributed by atoms with Crippen molar-refractivity contribution in [1.82, 2.24) is 20.4 Å². The molecule has 2 heterocycles. The standard InChI is InChI=1S/C16H30N4O2S/c1-16(2,3)15(22)20-12-23-11-13(20)14(21)18-5-4-8-19-9-6-17-7-10-19/h13,17H,4-12H2,1-3H3,(H,18,21). The number of rotatable bonds is 5. The molecule has 0 aliphatic carbocycles. The Hall–Kier alpha value is -0.790. The molecule has 0 saturated carbocycles. The van der Waals surface area contributed by atoms with Crippen LogP contribution in [0.4, 0.5) is 0 Å². The van der Waals surface area contributed by atoms with E-state index in [-0.39, 0.29) is 17.9 Å². The third-order valence-electron chi connectivity index (χ3n) is 4.25. The van der Waals surface area contributed by atoms with Crippen LogP contribution in [-0.4, -0.2) is 78.6 Å². The van der Waals surface area contributed by atoms with Crippen molar-refractivity contribution in [1.29, 1.82) is 0 Å². The number of carbonyl (C=O) groups is 2. The Balaban J connectivity index is 1.72. The second-order valence-electron chi connectivity index (χ2n) is 7.28. The van der Waals surface area contributed by atoms with E-state index in [9.17, 15) is 9.59 Å². The number of hydrogen-bond acceptors (Lipinski definition) is 5. The summed E-state index contributed by atoms with van der Waals surface area (Å²) in [5.41, 5.74) is -0.439. The second-order valence-corrected chi connectivity index (χ2v) is 8.28. The predicted molar refractivity (Wildman–Crippen MR) is 94.4 cm³/mol. The molecule has 2 N–H and O–H groups in total. The first kappa shape index (κ1) is 18.5. The fourth-order valence-electron chi connectivity index (χ4n) is 2.86. The molecular weight excluding hydrogens is 312 g/mol. The minimum absolute atomic E-state index is 0.00656. The van der Waals surface area contributed by atoms with Gasteiger partial charge in [0.25, 0.3) is 0 Å². The topological polar surface area (TPSA) is 64.7 Å². The van der Waals surface area contributed by atoms with Crippen LogP contribution in [0, 0.1) is 5.41 Å². The van der Waals surface area contributed by atoms with E-state index in [1.807, 2.05) is 20.8 Å². The van der Waals surface area contributed by atoms with E-state index in [0.717, 1.165) is 39.1 Å². The van der Waals surface area contributed by atoms with Crippen molar-refractivity contribution in [2.75, 3.05) is 50.9 Å². The Morgan fingerprint density at radius 2 is 1.96 bits per heavy atom. The zero-order valence-electron chi connectivity index (χ0n) is 14.6. The number of nitrogens with zero attached hydrogens (tertiary/aromatic N) is 2. The van der Waals surface area contributed by atoms with E-state index >= 15 is 0 Å². The van der Waals surface area contributed by atoms with Crippen LogP contribution in [0.5, 0.6) is 0 Å². The van der Waals surface area contributed by atoms with Crippen LogP contribution in [-0.2, 0) is 9.59 Å². The number of thioether (sulfide) groups is 1. The van der Waals surface area contributed by atoms with Crippen LogP contribution in [0.1, 0.15) is 27.2 Å². The molecule has 2 amide bonds. The third-order valence-corrected chi connectivity index (χ3v) is 5.26. The Morgan fingerprint density at radius 1 is 1.26 bits per heavy atom. The van der Waals surface area contributed by atoms with Gasteiger partial charge in [0.05, 0.1) is 5.88 Å². The van der Waals surface area contributed by atoms with Crippen LogP contribution in [0.15, 0.2) is 0 Å². The van der Waals surface area contributed by atoms with Crippen molar-refractivity contribution in [3.63, 3.8) is 0 Å². The van der Waals surface area contributed by atoms with E-state index in [1.54, 1.807) is 16.7 Å². The fourth-order valence-corrected chi connectivity index (χ4v) is 4.01. The van der Waals surface area contributed by atoms with Crippen LogP contribution in [0.2, 0.25) is 0 Å². The van der Waals surface area contributed by atoms with E-state index in [2.05, 4.69) is 15.5 Å². The predicted octanol–water partition coefficient (Wildman–Crippen LogP) is 0.346. The minimum Gasteiger partial charge on any atom is -0.354 e. The van der Waals surface area contributed by atoms with Crippen molar-refractivity contribution in [2.45, 2.75) is 33.2 Å². The van der Waals surface area contributed by atoms with Gasteiger partial charge >= 0.3 is 0 Å². The Kier molecular flexibility index (Phi) is 6.73. The molecule has 1 atom stereocenters. The summed E-state index contributed by atoms with van der Waals surface area (Å²) in [5.74, 6) is 1.37. The van der Waals surface area contributed by atoms with E-state index in [4.69, 9.17) is 0 Å². The molecule has 23 heavy (non-hydrogen) atoms. The molecule has 7 heteroatoms. The molecule has 0 radical (unpaired) electrons. The second kappa shape index (κ2) is 8.35. The number of amides is 2. The summed E-state index contributed by atoms with van der Waals surface area (Å²) < 4.78 is 0. The average Bonchev–Trinajstić information content (AvgIpc) is 3.00. The van der Waals surface area contributed by atoms with Gasteiger partial charge in [0.1, 0.15) is 6.04 Å². The van der Waals surface area contributed by atoms with Gasteiger partial charge in [-0.25, -0.2) is 0 Å². The fraction of sp³-hybridized carbons (Fsp3) is 0.875. The Morgan fingerprint density at radius 3 is 2.61 bits per heavy atom. The van der Waals surface area contributed by atoms with Crippen LogP contribution < -0.4 is 10.6 Å². The van der Waals surface area contributed by atoms with Crippen LogP contribution >= 0.6 is 11.8 Å². The highest BCUT2D eigenvalue weighted by Crippen LogP contribution is 2.27. The van der Waals surface area contributed by atoms with E-state index in [1.165, 1.54) is 0 Å². The smallest absolute Gasteiger partial charge is 0.243 e. The molecular formula is C16H30N4O2S. The molecule has 2 rings (SSSR count). The first-order valence-corrected chi connectivity index (χ1v) is 9.64. The number of hydrogen-bond donors (Lipinski definition) is 2. The van der Waals surface area contributed by atoms with Gasteiger partial charge in [-0.3, -0.25) is 9.59 Å². The number of piperazine rings is 1. The normalized spacial score (nSPS) is 23.1. The lowest BCUT2D eigenvalue weighted by molar-refractivity contribution is -0.144. The summed E-state index contributed by atoms with van der Waals surface area (Å²) in [6, 6.07) is -0.314. The average molecular weight is 343 g/mol. The quantitative estimate of drug-likeness (QED) is 0.706. The molecule has 6 nitrogen and oxygen atoms in total. The van der Waals surface area contributed by atoms with Gasteiger partial charge in [-0.05, 0) is 13.0 Å². The Labute approximate surface area is 143 Å². The summed E-state index contributed by atoms with van der Waals surface area (Å²) in [5, 5.41) is 6.35. The summed E-state index contributed by atoms with van der Waals surface area (Å²) >= 11 is 1.65. The van der Waals surface area contributed by atoms with E-state index < -0.39 is 5.41 Å². The summed E-state index contributed by atoms with van der Waals surface area (Å²) in [6.45, 7) is 11.7. The van der Waals surface area contributed by atoms with Gasteiger partial charge in [-0.15, -0.1) is 11.8 Å². The molecule has 1 unspecified atom stereocenters. The lowest BCUT2D eigenvalue weighted by Crippen LogP contribution is -2.50. The van der Waals surface area contributed by atoms with Crippen molar-refractivity contribution in [3.05, 3.63) is 0 Å². The van der Waals surface area contributed by atoms with E-state index in [0.29, 0.717) is 18.2 Å². The lowest BCUT2D eigenvalue weighted by atomic mass is 9.94. The van der Waals surface area contributed by atoms with Gasteiger partial charge in [0.15, 0.2) is 0 Å². The third kappa shape index (κ3) is 5.36. The van der Waals surface area contributed by atoms with Crippen LogP contribution in [0.3, 0.4) is 0 Å². The highest BCUT2D eigenvalue weighted by atomic mass is 32.2. The lowest BCUT2D eigenvalue weighted by Gasteiger charge is -2.29. The molecule has 0 spiro atoms. The highest BCUT2D eigenvalue weighted by Gasteiger charge is 2.38. The molecule has 132 valence electrons. The monoisotopic (exact) mass is 342 g/mol. The van der Waals surface area contributed by atoms with Crippen molar-refractivity contribution in [3.8, 4) is 0 Å². The maximum atomic E-state index is 12.4. The molecule has 0 bridgehead atoms. The molecule has 2 fully saturated rings. The van der Waals surface area contributed by atoms with Crippen molar-refractivity contribution in [2.24, 2.45) is 5.41 Å². The zero-order chi connectivity index (χ0) is 16.9. The first-order valence-electron chi connectivity index (χ1n) is 8.49. The SMILES string of the molecule is CC(C)(C)C(=O)N1CSCC1C(=O)NCCCN1CCNCC1. The van der Waals surface area contributed by atoms with Gasteiger partial charge in [-0.1, -0.05) is 20.8 Å². The summed E-state index contributed by atoms with van der Waals surface area (Å²) in [7, 11) is 0. The van der Waals surface area contributed by atoms with Crippen molar-refractivity contribution < 1.29 is 9.59 Å². The van der Waals surface area contributed by atoms with Gasteiger partial charge in [0.2, 0.25) is 11.8 Å². The number of carbonyl (C=O) groups excluding carboxylic acids is 2.